The third-order valence-electron chi connectivity index (χ3n) is 5.69. The van der Waals surface area contributed by atoms with E-state index in [-0.39, 0.29) is 7.85 Å². The van der Waals surface area contributed by atoms with E-state index in [9.17, 15) is 8.78 Å². The topological polar surface area (TPSA) is 76.7 Å². The molecule has 0 spiro atoms. The van der Waals surface area contributed by atoms with Crippen LogP contribution in [0.2, 0.25) is 0 Å². The van der Waals surface area contributed by atoms with Gasteiger partial charge < -0.3 is 10.1 Å². The second-order valence-electron chi connectivity index (χ2n) is 7.71. The van der Waals surface area contributed by atoms with Gasteiger partial charge in [0, 0.05) is 50.5 Å². The van der Waals surface area contributed by atoms with E-state index in [4.69, 9.17) is 9.72 Å². The van der Waals surface area contributed by atoms with Crippen LogP contribution in [-0.4, -0.2) is 51.0 Å². The van der Waals surface area contributed by atoms with Crippen LogP contribution in [0, 0.1) is 0 Å². The van der Waals surface area contributed by atoms with Crippen LogP contribution in [0.15, 0.2) is 35.6 Å². The molecule has 3 aromatic rings. The van der Waals surface area contributed by atoms with E-state index in [1.807, 2.05) is 24.4 Å². The van der Waals surface area contributed by atoms with Crippen molar-refractivity contribution in [3.63, 3.8) is 0 Å². The van der Waals surface area contributed by atoms with Crippen LogP contribution in [0.25, 0.3) is 16.8 Å². The van der Waals surface area contributed by atoms with Gasteiger partial charge in [0.15, 0.2) is 0 Å². The highest BCUT2D eigenvalue weighted by molar-refractivity contribution is 5.96. The van der Waals surface area contributed by atoms with E-state index >= 15 is 0 Å². The maximum absolute atomic E-state index is 13.0. The molecule has 1 saturated heterocycles. The van der Waals surface area contributed by atoms with E-state index < -0.39 is 12.3 Å². The van der Waals surface area contributed by atoms with Crippen molar-refractivity contribution in [3.8, 4) is 11.3 Å². The first kappa shape index (κ1) is 19.0. The average molecular weight is 414 g/mol. The Kier molecular flexibility index (Phi) is 4.90. The lowest BCUT2D eigenvalue weighted by atomic mass is 9.97. The molecule has 7 nitrogen and oxygen atoms in total. The number of aliphatic imine (C=N–C) groups is 1. The number of halogens is 2. The number of nitrogens with one attached hydrogen (secondary N) is 1. The summed E-state index contributed by atoms with van der Waals surface area (Å²) in [5, 5.41) is 7.92. The van der Waals surface area contributed by atoms with Crippen LogP contribution < -0.4 is 5.32 Å². The lowest BCUT2D eigenvalue weighted by molar-refractivity contribution is 0.0903. The summed E-state index contributed by atoms with van der Waals surface area (Å²) in [6.07, 6.45) is 2.81. The molecule has 0 bridgehead atoms. The van der Waals surface area contributed by atoms with Crippen molar-refractivity contribution in [2.24, 2.45) is 4.99 Å². The molecule has 1 fully saturated rings. The molecular weight excluding hydrogens is 390 g/mol. The van der Waals surface area contributed by atoms with Crippen LogP contribution in [0.4, 0.5) is 20.4 Å². The molecule has 0 aromatic carbocycles. The number of alkyl halides is 2. The van der Waals surface area contributed by atoms with Crippen LogP contribution in [0.1, 0.15) is 39.2 Å². The third-order valence-corrected chi connectivity index (χ3v) is 5.69. The zero-order valence-corrected chi connectivity index (χ0v) is 16.6. The van der Waals surface area contributed by atoms with Gasteiger partial charge in [-0.05, 0) is 38.0 Å². The summed E-state index contributed by atoms with van der Waals surface area (Å²) < 4.78 is 33.2. The molecule has 3 aromatic heterocycles. The predicted molar refractivity (Wildman–Crippen MR) is 112 cm³/mol. The minimum absolute atomic E-state index is 0. The minimum Gasteiger partial charge on any atom is -0.381 e. The van der Waals surface area contributed by atoms with Gasteiger partial charge >= 0.3 is 0 Å². The summed E-state index contributed by atoms with van der Waals surface area (Å²) in [6.45, 7) is 3.27. The van der Waals surface area contributed by atoms with Crippen LogP contribution in [-0.2, 0) is 4.74 Å². The molecular formula is C21H24F2N6O. The number of aromatic nitrogens is 4. The molecule has 0 amide bonds. The summed E-state index contributed by atoms with van der Waals surface area (Å²) >= 11 is 0. The van der Waals surface area contributed by atoms with E-state index in [0.717, 1.165) is 37.1 Å². The van der Waals surface area contributed by atoms with E-state index in [1.54, 1.807) is 17.6 Å². The van der Waals surface area contributed by atoms with Gasteiger partial charge in [0.1, 0.15) is 0 Å². The lowest BCUT2D eigenvalue weighted by Crippen LogP contribution is -2.28. The SMILES string of the molecule is CC1=Nc2ccc(-c3ccn4nc(NC5CCOCC5)ncc34)nc2C1CC(F)F.[HH]. The summed E-state index contributed by atoms with van der Waals surface area (Å²) in [7, 11) is 0. The largest absolute Gasteiger partial charge is 0.381 e. The molecule has 1 atom stereocenters. The Morgan fingerprint density at radius 1 is 1.27 bits per heavy atom. The molecule has 30 heavy (non-hydrogen) atoms. The number of ether oxygens (including phenoxy) is 1. The third kappa shape index (κ3) is 3.54. The number of anilines is 1. The molecule has 9 heteroatoms. The molecule has 2 aliphatic rings. The van der Waals surface area contributed by atoms with Crippen LogP contribution >= 0.6 is 0 Å². The monoisotopic (exact) mass is 414 g/mol. The van der Waals surface area contributed by atoms with Crippen molar-refractivity contribution in [1.82, 2.24) is 19.6 Å². The number of hydrogen-bond donors (Lipinski definition) is 1. The zero-order chi connectivity index (χ0) is 20.7. The molecule has 1 unspecified atom stereocenters. The van der Waals surface area contributed by atoms with Crippen molar-refractivity contribution in [1.29, 1.82) is 0 Å². The minimum atomic E-state index is -2.40. The zero-order valence-electron chi connectivity index (χ0n) is 16.6. The normalized spacial score (nSPS) is 19.3. The predicted octanol–water partition coefficient (Wildman–Crippen LogP) is 4.47. The van der Waals surface area contributed by atoms with Crippen molar-refractivity contribution in [2.45, 2.75) is 44.6 Å². The molecule has 1 N–H and O–H groups in total. The summed E-state index contributed by atoms with van der Waals surface area (Å²) in [5.41, 5.74) is 4.34. The van der Waals surface area contributed by atoms with Crippen molar-refractivity contribution < 1.29 is 14.9 Å². The van der Waals surface area contributed by atoms with Crippen molar-refractivity contribution >= 4 is 22.9 Å². The number of hydrogen-bond acceptors (Lipinski definition) is 6. The Morgan fingerprint density at radius 3 is 2.90 bits per heavy atom. The van der Waals surface area contributed by atoms with Gasteiger partial charge in [-0.1, -0.05) is 0 Å². The van der Waals surface area contributed by atoms with Gasteiger partial charge in [0.05, 0.1) is 28.8 Å². The van der Waals surface area contributed by atoms with Crippen LogP contribution in [0.3, 0.4) is 0 Å². The Morgan fingerprint density at radius 2 is 2.10 bits per heavy atom. The highest BCUT2D eigenvalue weighted by Gasteiger charge is 2.29. The molecule has 2 aliphatic heterocycles. The average Bonchev–Trinajstić information content (AvgIpc) is 3.29. The fourth-order valence-electron chi connectivity index (χ4n) is 4.10. The number of rotatable bonds is 5. The van der Waals surface area contributed by atoms with Gasteiger partial charge in [-0.3, -0.25) is 4.99 Å². The fourth-order valence-corrected chi connectivity index (χ4v) is 4.10. The quantitative estimate of drug-likeness (QED) is 0.666. The molecule has 0 radical (unpaired) electrons. The summed E-state index contributed by atoms with van der Waals surface area (Å²) in [6, 6.07) is 5.93. The van der Waals surface area contributed by atoms with E-state index in [2.05, 4.69) is 20.4 Å². The molecule has 5 heterocycles. The molecule has 158 valence electrons. The summed E-state index contributed by atoms with van der Waals surface area (Å²) in [4.78, 5) is 13.6. The van der Waals surface area contributed by atoms with Crippen LogP contribution in [0.5, 0.6) is 0 Å². The Bertz CT molecular complexity index is 1110. The van der Waals surface area contributed by atoms with Gasteiger partial charge in [-0.2, -0.15) is 0 Å². The highest BCUT2D eigenvalue weighted by atomic mass is 19.3. The van der Waals surface area contributed by atoms with Crippen molar-refractivity contribution in [2.75, 3.05) is 18.5 Å². The van der Waals surface area contributed by atoms with Gasteiger partial charge in [0.2, 0.25) is 12.4 Å². The number of pyridine rings is 1. The molecule has 0 saturated carbocycles. The first-order valence-electron chi connectivity index (χ1n) is 10.1. The van der Waals surface area contributed by atoms with Gasteiger partial charge in [-0.25, -0.2) is 23.3 Å². The fraction of sp³-hybridized carbons (Fsp3) is 0.429. The standard InChI is InChI=1S/C21H22F2N6O.H2/c1-12-15(10-19(22)23)20-17(25-12)3-2-16(27-20)14-4-7-29-18(14)11-24-21(28-29)26-13-5-8-30-9-6-13;/h2-4,7,11,13,15,19H,5-6,8-10H2,1H3,(H,26,28);1H. The lowest BCUT2D eigenvalue weighted by Gasteiger charge is -2.22. The first-order valence-corrected chi connectivity index (χ1v) is 10.1. The van der Waals surface area contributed by atoms with Crippen molar-refractivity contribution in [3.05, 3.63) is 36.3 Å². The molecule has 0 aliphatic carbocycles. The number of fused-ring (bicyclic) bond motifs is 2. The second-order valence-corrected chi connectivity index (χ2v) is 7.71. The summed E-state index contributed by atoms with van der Waals surface area (Å²) in [5.74, 6) is 0.125. The number of nitrogens with zero attached hydrogens (tertiary/aromatic N) is 5. The first-order chi connectivity index (χ1) is 14.6. The van der Waals surface area contributed by atoms with E-state index in [0.29, 0.717) is 34.8 Å². The Labute approximate surface area is 173 Å². The van der Waals surface area contributed by atoms with Gasteiger partial charge in [-0.15, -0.1) is 5.10 Å². The van der Waals surface area contributed by atoms with E-state index in [1.165, 1.54) is 0 Å². The highest BCUT2D eigenvalue weighted by Crippen LogP contribution is 2.39. The Hall–Kier alpha value is -2.94. The molecule has 5 rings (SSSR count). The maximum Gasteiger partial charge on any atom is 0.241 e. The second kappa shape index (κ2) is 7.71. The Balaban J connectivity index is 0.00000231. The van der Waals surface area contributed by atoms with Gasteiger partial charge in [0.25, 0.3) is 0 Å². The smallest absolute Gasteiger partial charge is 0.241 e. The maximum atomic E-state index is 13.0.